The third-order valence-electron chi connectivity index (χ3n) is 4.08. The summed E-state index contributed by atoms with van der Waals surface area (Å²) in [7, 11) is 1.67. The summed E-state index contributed by atoms with van der Waals surface area (Å²) in [6.45, 7) is 3.14. The molecule has 0 amide bonds. The standard InChI is InChI=1S/C16H21N3O2/c1-16(9-3-4-10-17-16)15-18-14(19-21-15)11-12-5-7-13(20-2)8-6-12/h5-8,17H,3-4,9-11H2,1-2H3. The Kier molecular flexibility index (Phi) is 3.92. The fraction of sp³-hybridized carbons (Fsp3) is 0.500. The number of rotatable bonds is 4. The molecular formula is C16H21N3O2. The van der Waals surface area contributed by atoms with Gasteiger partial charge in [0, 0.05) is 6.42 Å². The van der Waals surface area contributed by atoms with Gasteiger partial charge in [0.1, 0.15) is 5.75 Å². The lowest BCUT2D eigenvalue weighted by atomic mass is 9.91. The van der Waals surface area contributed by atoms with E-state index in [-0.39, 0.29) is 5.54 Å². The Morgan fingerprint density at radius 3 is 2.76 bits per heavy atom. The monoisotopic (exact) mass is 287 g/mol. The Hall–Kier alpha value is -1.88. The summed E-state index contributed by atoms with van der Waals surface area (Å²) >= 11 is 0. The van der Waals surface area contributed by atoms with Crippen molar-refractivity contribution in [1.82, 2.24) is 15.5 Å². The van der Waals surface area contributed by atoms with E-state index in [1.54, 1.807) is 7.11 Å². The summed E-state index contributed by atoms with van der Waals surface area (Å²) in [5.74, 6) is 2.28. The molecule has 0 saturated carbocycles. The molecule has 21 heavy (non-hydrogen) atoms. The summed E-state index contributed by atoms with van der Waals surface area (Å²) in [6, 6.07) is 7.94. The van der Waals surface area contributed by atoms with E-state index in [1.165, 1.54) is 12.8 Å². The number of nitrogens with zero attached hydrogens (tertiary/aromatic N) is 2. The summed E-state index contributed by atoms with van der Waals surface area (Å²) in [6.07, 6.45) is 4.11. The summed E-state index contributed by atoms with van der Waals surface area (Å²) in [4.78, 5) is 4.57. The quantitative estimate of drug-likeness (QED) is 0.936. The van der Waals surface area contributed by atoms with E-state index in [0.29, 0.717) is 12.3 Å². The van der Waals surface area contributed by atoms with Crippen LogP contribution < -0.4 is 10.1 Å². The third kappa shape index (κ3) is 3.08. The van der Waals surface area contributed by atoms with Crippen molar-refractivity contribution in [3.63, 3.8) is 0 Å². The van der Waals surface area contributed by atoms with Crippen molar-refractivity contribution in [2.45, 2.75) is 38.1 Å². The number of piperidine rings is 1. The molecule has 2 heterocycles. The predicted molar refractivity (Wildman–Crippen MR) is 79.3 cm³/mol. The number of nitrogens with one attached hydrogen (secondary N) is 1. The predicted octanol–water partition coefficient (Wildman–Crippen LogP) is 2.66. The zero-order valence-corrected chi connectivity index (χ0v) is 12.6. The molecule has 3 rings (SSSR count). The number of ether oxygens (including phenoxy) is 1. The van der Waals surface area contributed by atoms with E-state index in [4.69, 9.17) is 9.26 Å². The van der Waals surface area contributed by atoms with Gasteiger partial charge in [-0.2, -0.15) is 4.98 Å². The minimum Gasteiger partial charge on any atom is -0.497 e. The van der Waals surface area contributed by atoms with Gasteiger partial charge in [0.25, 0.3) is 0 Å². The molecule has 1 atom stereocenters. The van der Waals surface area contributed by atoms with Crippen LogP contribution in [0.4, 0.5) is 0 Å². The van der Waals surface area contributed by atoms with Gasteiger partial charge >= 0.3 is 0 Å². The van der Waals surface area contributed by atoms with Crippen molar-refractivity contribution in [2.75, 3.05) is 13.7 Å². The fourth-order valence-electron chi connectivity index (χ4n) is 2.71. The average Bonchev–Trinajstić information content (AvgIpc) is 2.98. The van der Waals surface area contributed by atoms with Crippen LogP contribution in [0.15, 0.2) is 28.8 Å². The number of aromatic nitrogens is 2. The Morgan fingerprint density at radius 1 is 1.29 bits per heavy atom. The van der Waals surface area contributed by atoms with Crippen LogP contribution in [0.25, 0.3) is 0 Å². The summed E-state index contributed by atoms with van der Waals surface area (Å²) in [5, 5.41) is 7.61. The van der Waals surface area contributed by atoms with E-state index in [9.17, 15) is 0 Å². The van der Waals surface area contributed by atoms with Crippen molar-refractivity contribution in [2.24, 2.45) is 0 Å². The molecule has 112 valence electrons. The van der Waals surface area contributed by atoms with E-state index in [2.05, 4.69) is 22.4 Å². The highest BCUT2D eigenvalue weighted by Gasteiger charge is 2.34. The molecule has 0 radical (unpaired) electrons. The Bertz CT molecular complexity index is 586. The molecule has 1 aliphatic heterocycles. The summed E-state index contributed by atoms with van der Waals surface area (Å²) in [5.41, 5.74) is 0.966. The molecule has 1 aromatic heterocycles. The highest BCUT2D eigenvalue weighted by molar-refractivity contribution is 5.28. The van der Waals surface area contributed by atoms with Crippen LogP contribution in [0, 0.1) is 0 Å². The Morgan fingerprint density at radius 2 is 2.10 bits per heavy atom. The lowest BCUT2D eigenvalue weighted by Crippen LogP contribution is -2.43. The molecule has 1 saturated heterocycles. The Labute approximate surface area is 124 Å². The van der Waals surface area contributed by atoms with Crippen LogP contribution >= 0.6 is 0 Å². The molecule has 1 aromatic carbocycles. The lowest BCUT2D eigenvalue weighted by molar-refractivity contribution is 0.206. The molecule has 5 heteroatoms. The first-order valence-electron chi connectivity index (χ1n) is 7.41. The van der Waals surface area contributed by atoms with Crippen molar-refractivity contribution < 1.29 is 9.26 Å². The largest absolute Gasteiger partial charge is 0.497 e. The number of hydrogen-bond donors (Lipinski definition) is 1. The first kappa shape index (κ1) is 14.1. The zero-order valence-electron chi connectivity index (χ0n) is 12.6. The minimum absolute atomic E-state index is 0.177. The topological polar surface area (TPSA) is 60.2 Å². The van der Waals surface area contributed by atoms with E-state index >= 15 is 0 Å². The van der Waals surface area contributed by atoms with Crippen LogP contribution in [0.2, 0.25) is 0 Å². The molecule has 1 N–H and O–H groups in total. The SMILES string of the molecule is COc1ccc(Cc2noc(C3(C)CCCCN3)n2)cc1. The number of benzene rings is 1. The number of hydrogen-bond acceptors (Lipinski definition) is 5. The van der Waals surface area contributed by atoms with Crippen molar-refractivity contribution >= 4 is 0 Å². The highest BCUT2D eigenvalue weighted by Crippen LogP contribution is 2.28. The summed E-state index contributed by atoms with van der Waals surface area (Å²) < 4.78 is 10.6. The lowest BCUT2D eigenvalue weighted by Gasteiger charge is -2.31. The van der Waals surface area contributed by atoms with Gasteiger partial charge in [-0.05, 0) is 50.4 Å². The van der Waals surface area contributed by atoms with Gasteiger partial charge in [-0.25, -0.2) is 0 Å². The second-order valence-electron chi connectivity index (χ2n) is 5.76. The maximum atomic E-state index is 5.48. The van der Waals surface area contributed by atoms with Crippen molar-refractivity contribution in [3.8, 4) is 5.75 Å². The molecule has 1 aliphatic rings. The molecule has 0 spiro atoms. The molecule has 0 bridgehead atoms. The van der Waals surface area contributed by atoms with Crippen LogP contribution in [-0.2, 0) is 12.0 Å². The van der Waals surface area contributed by atoms with Gasteiger partial charge in [-0.15, -0.1) is 0 Å². The van der Waals surface area contributed by atoms with Crippen LogP contribution in [0.3, 0.4) is 0 Å². The highest BCUT2D eigenvalue weighted by atomic mass is 16.5. The van der Waals surface area contributed by atoms with Crippen molar-refractivity contribution in [3.05, 3.63) is 41.5 Å². The van der Waals surface area contributed by atoms with Gasteiger partial charge in [-0.3, -0.25) is 0 Å². The molecular weight excluding hydrogens is 266 g/mol. The minimum atomic E-state index is -0.177. The van der Waals surface area contributed by atoms with E-state index < -0.39 is 0 Å². The van der Waals surface area contributed by atoms with Crippen LogP contribution in [0.5, 0.6) is 5.75 Å². The number of methoxy groups -OCH3 is 1. The molecule has 1 fully saturated rings. The van der Waals surface area contributed by atoms with Gasteiger partial charge in [0.15, 0.2) is 5.82 Å². The smallest absolute Gasteiger partial charge is 0.246 e. The molecule has 1 unspecified atom stereocenters. The van der Waals surface area contributed by atoms with Gasteiger partial charge < -0.3 is 14.6 Å². The Balaban J connectivity index is 1.72. The third-order valence-corrected chi connectivity index (χ3v) is 4.08. The first-order valence-corrected chi connectivity index (χ1v) is 7.41. The van der Waals surface area contributed by atoms with Crippen LogP contribution in [-0.4, -0.2) is 23.8 Å². The second-order valence-corrected chi connectivity index (χ2v) is 5.76. The van der Waals surface area contributed by atoms with Crippen molar-refractivity contribution in [1.29, 1.82) is 0 Å². The first-order chi connectivity index (χ1) is 10.2. The van der Waals surface area contributed by atoms with Crippen LogP contribution in [0.1, 0.15) is 43.5 Å². The molecule has 5 nitrogen and oxygen atoms in total. The second kappa shape index (κ2) is 5.85. The fourth-order valence-corrected chi connectivity index (χ4v) is 2.71. The average molecular weight is 287 g/mol. The molecule has 0 aliphatic carbocycles. The van der Waals surface area contributed by atoms with Gasteiger partial charge in [-0.1, -0.05) is 17.3 Å². The molecule has 2 aromatic rings. The zero-order chi connectivity index (χ0) is 14.7. The normalized spacial score (nSPS) is 22.2. The maximum absolute atomic E-state index is 5.48. The maximum Gasteiger partial charge on any atom is 0.246 e. The van der Waals surface area contributed by atoms with Gasteiger partial charge in [0.2, 0.25) is 5.89 Å². The van der Waals surface area contributed by atoms with E-state index in [0.717, 1.165) is 30.1 Å². The van der Waals surface area contributed by atoms with E-state index in [1.807, 2.05) is 24.3 Å². The van der Waals surface area contributed by atoms with Gasteiger partial charge in [0.05, 0.1) is 12.6 Å².